The minimum atomic E-state index is -0.628. The number of morpholine rings is 1. The monoisotopic (exact) mass is 282 g/mol. The smallest absolute Gasteiger partial charge is 0.242 e. The number of amides is 1. The topological polar surface area (TPSA) is 82.6 Å². The highest BCUT2D eigenvalue weighted by molar-refractivity contribution is 5.82. The maximum Gasteiger partial charge on any atom is 0.242 e. The normalized spacial score (nSPS) is 24.7. The van der Waals surface area contributed by atoms with Crippen LogP contribution in [0.15, 0.2) is 12.4 Å². The first kappa shape index (κ1) is 15.0. The fourth-order valence-corrected chi connectivity index (χ4v) is 2.41. The zero-order chi connectivity index (χ0) is 14.8. The molecule has 112 valence electrons. The molecule has 0 spiro atoms. The summed E-state index contributed by atoms with van der Waals surface area (Å²) in [5, 5.41) is 4.16. The van der Waals surface area contributed by atoms with E-state index in [0.29, 0.717) is 19.7 Å². The third-order valence-electron chi connectivity index (χ3n) is 3.57. The molecule has 2 N–H and O–H groups in total. The molecule has 1 fully saturated rings. The van der Waals surface area contributed by atoms with Gasteiger partial charge in [0.25, 0.3) is 0 Å². The van der Waals surface area contributed by atoms with Gasteiger partial charge < -0.3 is 20.1 Å². The highest BCUT2D eigenvalue weighted by Crippen LogP contribution is 2.29. The van der Waals surface area contributed by atoms with E-state index >= 15 is 0 Å². The summed E-state index contributed by atoms with van der Waals surface area (Å²) in [6.07, 6.45) is 3.67. The van der Waals surface area contributed by atoms with Crippen LogP contribution in [0.3, 0.4) is 0 Å². The molecule has 2 atom stereocenters. The Kier molecular flexibility index (Phi) is 4.42. The van der Waals surface area contributed by atoms with Crippen molar-refractivity contribution >= 4 is 5.91 Å². The zero-order valence-corrected chi connectivity index (χ0v) is 12.2. The quantitative estimate of drug-likeness (QED) is 0.802. The molecule has 2 unspecified atom stereocenters. The Hall–Kier alpha value is -1.44. The van der Waals surface area contributed by atoms with E-state index in [1.165, 1.54) is 7.11 Å². The van der Waals surface area contributed by atoms with Gasteiger partial charge in [-0.3, -0.25) is 9.48 Å². The van der Waals surface area contributed by atoms with Gasteiger partial charge in [0, 0.05) is 32.5 Å². The maximum absolute atomic E-state index is 12.3. The van der Waals surface area contributed by atoms with Gasteiger partial charge in [-0.1, -0.05) is 0 Å². The van der Waals surface area contributed by atoms with Gasteiger partial charge in [-0.2, -0.15) is 5.10 Å². The average molecular weight is 282 g/mol. The summed E-state index contributed by atoms with van der Waals surface area (Å²) in [5.74, 6) is -0.106. The van der Waals surface area contributed by atoms with E-state index in [0.717, 1.165) is 5.56 Å². The van der Waals surface area contributed by atoms with Crippen molar-refractivity contribution in [1.29, 1.82) is 0 Å². The van der Waals surface area contributed by atoms with Crippen molar-refractivity contribution < 1.29 is 14.3 Å². The third kappa shape index (κ3) is 3.00. The Bertz CT molecular complexity index is 476. The number of carbonyl (C=O) groups excluding carboxylic acids is 1. The van der Waals surface area contributed by atoms with Crippen LogP contribution >= 0.6 is 0 Å². The van der Waals surface area contributed by atoms with Crippen molar-refractivity contribution in [3.63, 3.8) is 0 Å². The minimum absolute atomic E-state index is 0.106. The predicted molar refractivity (Wildman–Crippen MR) is 72.9 cm³/mol. The molecule has 0 bridgehead atoms. The Morgan fingerprint density at radius 2 is 2.45 bits per heavy atom. The summed E-state index contributed by atoms with van der Waals surface area (Å²) in [5.41, 5.74) is 6.23. The highest BCUT2D eigenvalue weighted by Gasteiger charge is 2.37. The van der Waals surface area contributed by atoms with Crippen molar-refractivity contribution in [1.82, 2.24) is 14.7 Å². The molecule has 1 aromatic heterocycles. The molecule has 1 amide bonds. The van der Waals surface area contributed by atoms with Crippen LogP contribution in [0.25, 0.3) is 0 Å². The summed E-state index contributed by atoms with van der Waals surface area (Å²) in [6, 6.07) is -0.628. The maximum atomic E-state index is 12.3. The van der Waals surface area contributed by atoms with Crippen LogP contribution in [-0.4, -0.2) is 60.0 Å². The number of carbonyl (C=O) groups is 1. The number of ether oxygens (including phenoxy) is 2. The molecule has 1 saturated heterocycles. The fraction of sp³-hybridized carbons (Fsp3) is 0.692. The van der Waals surface area contributed by atoms with Crippen LogP contribution in [0.2, 0.25) is 0 Å². The van der Waals surface area contributed by atoms with E-state index in [2.05, 4.69) is 5.10 Å². The first-order valence-electron chi connectivity index (χ1n) is 6.62. The summed E-state index contributed by atoms with van der Waals surface area (Å²) in [7, 11) is 3.39. The van der Waals surface area contributed by atoms with E-state index in [9.17, 15) is 4.79 Å². The SMILES string of the molecule is COCC(N)C(=O)N1CCOC(C)(c2cnn(C)c2)C1. The molecule has 1 aliphatic rings. The second-order valence-corrected chi connectivity index (χ2v) is 5.30. The number of aromatic nitrogens is 2. The van der Waals surface area contributed by atoms with Gasteiger partial charge in [0.05, 0.1) is 26.0 Å². The number of hydrogen-bond donors (Lipinski definition) is 1. The van der Waals surface area contributed by atoms with Gasteiger partial charge in [-0.25, -0.2) is 0 Å². The number of hydrogen-bond acceptors (Lipinski definition) is 5. The molecule has 0 aliphatic carbocycles. The molecular formula is C13H22N4O3. The summed E-state index contributed by atoms with van der Waals surface area (Å²) in [4.78, 5) is 14.0. The van der Waals surface area contributed by atoms with Gasteiger partial charge in [0.2, 0.25) is 5.91 Å². The molecule has 1 aromatic rings. The van der Waals surface area contributed by atoms with Gasteiger partial charge in [0.15, 0.2) is 0 Å². The Morgan fingerprint density at radius 1 is 1.70 bits per heavy atom. The van der Waals surface area contributed by atoms with Crippen LogP contribution in [0.5, 0.6) is 0 Å². The second kappa shape index (κ2) is 5.90. The molecule has 0 radical (unpaired) electrons. The Balaban J connectivity index is 2.10. The number of aryl methyl sites for hydroxylation is 1. The molecule has 7 nitrogen and oxygen atoms in total. The predicted octanol–water partition coefficient (Wildman–Crippen LogP) is -0.532. The fourth-order valence-electron chi connectivity index (χ4n) is 2.41. The molecule has 0 saturated carbocycles. The molecule has 2 heterocycles. The zero-order valence-electron chi connectivity index (χ0n) is 12.2. The first-order chi connectivity index (χ1) is 9.46. The van der Waals surface area contributed by atoms with Crippen molar-refractivity contribution in [2.45, 2.75) is 18.6 Å². The summed E-state index contributed by atoms with van der Waals surface area (Å²) < 4.78 is 12.5. The first-order valence-corrected chi connectivity index (χ1v) is 6.62. The van der Waals surface area contributed by atoms with Gasteiger partial charge in [0.1, 0.15) is 11.6 Å². The van der Waals surface area contributed by atoms with Gasteiger partial charge in [-0.15, -0.1) is 0 Å². The largest absolute Gasteiger partial charge is 0.383 e. The number of nitrogens with zero attached hydrogens (tertiary/aromatic N) is 3. The van der Waals surface area contributed by atoms with E-state index in [4.69, 9.17) is 15.2 Å². The van der Waals surface area contributed by atoms with Crippen LogP contribution in [0.1, 0.15) is 12.5 Å². The lowest BCUT2D eigenvalue weighted by atomic mass is 9.96. The lowest BCUT2D eigenvalue weighted by Crippen LogP contribution is -2.55. The molecule has 20 heavy (non-hydrogen) atoms. The Labute approximate surface area is 118 Å². The molecule has 0 aromatic carbocycles. The van der Waals surface area contributed by atoms with Crippen molar-refractivity contribution in [3.8, 4) is 0 Å². The lowest BCUT2D eigenvalue weighted by molar-refractivity contribution is -0.151. The van der Waals surface area contributed by atoms with Crippen LogP contribution in [0, 0.1) is 0 Å². The van der Waals surface area contributed by atoms with Crippen LogP contribution in [-0.2, 0) is 26.9 Å². The molecule has 7 heteroatoms. The van der Waals surface area contributed by atoms with E-state index in [1.54, 1.807) is 15.8 Å². The molecule has 2 rings (SSSR count). The second-order valence-electron chi connectivity index (χ2n) is 5.30. The average Bonchev–Trinajstić information content (AvgIpc) is 2.86. The van der Waals surface area contributed by atoms with Crippen molar-refractivity contribution in [2.75, 3.05) is 33.4 Å². The lowest BCUT2D eigenvalue weighted by Gasteiger charge is -2.40. The highest BCUT2D eigenvalue weighted by atomic mass is 16.5. The number of nitrogens with two attached hydrogens (primary N) is 1. The van der Waals surface area contributed by atoms with Gasteiger partial charge >= 0.3 is 0 Å². The van der Waals surface area contributed by atoms with E-state index < -0.39 is 11.6 Å². The molecular weight excluding hydrogens is 260 g/mol. The summed E-state index contributed by atoms with van der Waals surface area (Å²) >= 11 is 0. The van der Waals surface area contributed by atoms with Crippen molar-refractivity contribution in [2.24, 2.45) is 12.8 Å². The number of methoxy groups -OCH3 is 1. The van der Waals surface area contributed by atoms with Crippen molar-refractivity contribution in [3.05, 3.63) is 18.0 Å². The van der Waals surface area contributed by atoms with E-state index in [-0.39, 0.29) is 12.5 Å². The number of rotatable bonds is 4. The molecule has 1 aliphatic heterocycles. The third-order valence-corrected chi connectivity index (χ3v) is 3.57. The standard InChI is InChI=1S/C13H22N4O3/c1-13(10-6-15-16(2)7-10)9-17(4-5-20-13)12(18)11(14)8-19-3/h6-7,11H,4-5,8-9,14H2,1-3H3. The minimum Gasteiger partial charge on any atom is -0.383 e. The van der Waals surface area contributed by atoms with E-state index in [1.807, 2.05) is 20.2 Å². The Morgan fingerprint density at radius 3 is 3.05 bits per heavy atom. The van der Waals surface area contributed by atoms with Crippen LogP contribution < -0.4 is 5.73 Å². The summed E-state index contributed by atoms with van der Waals surface area (Å²) in [6.45, 7) is 3.68. The van der Waals surface area contributed by atoms with Gasteiger partial charge in [-0.05, 0) is 6.92 Å². The van der Waals surface area contributed by atoms with Crippen LogP contribution in [0.4, 0.5) is 0 Å².